The molecule has 4 rings (SSSR count). The number of nitrogens with one attached hydrogen (secondary N) is 1. The number of carbonyl (C=O) groups excluding carboxylic acids is 2. The SMILES string of the molecule is CC(C)(C)OC(=O)N1CC2CC1C2NC(=O)OCc1ccccc1. The molecule has 3 fully saturated rings. The summed E-state index contributed by atoms with van der Waals surface area (Å²) in [6.45, 7) is 6.42. The van der Waals surface area contributed by atoms with Crippen molar-refractivity contribution in [2.45, 2.75) is 51.5 Å². The third kappa shape index (κ3) is 3.63. The topological polar surface area (TPSA) is 67.9 Å². The molecule has 0 spiro atoms. The van der Waals surface area contributed by atoms with Crippen LogP contribution in [0.4, 0.5) is 9.59 Å². The van der Waals surface area contributed by atoms with Crippen LogP contribution in [0, 0.1) is 5.92 Å². The zero-order valence-electron chi connectivity index (χ0n) is 14.3. The monoisotopic (exact) mass is 332 g/mol. The Hall–Kier alpha value is -2.24. The molecule has 1 aromatic carbocycles. The predicted molar refractivity (Wildman–Crippen MR) is 88.4 cm³/mol. The van der Waals surface area contributed by atoms with Gasteiger partial charge in [-0.05, 0) is 32.8 Å². The molecule has 130 valence electrons. The van der Waals surface area contributed by atoms with E-state index >= 15 is 0 Å². The molecule has 2 heterocycles. The van der Waals surface area contributed by atoms with Crippen molar-refractivity contribution in [3.05, 3.63) is 35.9 Å². The van der Waals surface area contributed by atoms with Gasteiger partial charge in [0, 0.05) is 12.5 Å². The Balaban J connectivity index is 1.47. The molecule has 6 heteroatoms. The fraction of sp³-hybridized carbons (Fsp3) is 0.556. The fourth-order valence-electron chi connectivity index (χ4n) is 3.26. The zero-order valence-corrected chi connectivity index (χ0v) is 14.3. The average Bonchev–Trinajstić information content (AvgIpc) is 3.09. The Bertz CT molecular complexity index is 611. The van der Waals surface area contributed by atoms with Crippen molar-refractivity contribution < 1.29 is 19.1 Å². The fourth-order valence-corrected chi connectivity index (χ4v) is 3.26. The van der Waals surface area contributed by atoms with Gasteiger partial charge in [0.15, 0.2) is 0 Å². The Morgan fingerprint density at radius 1 is 1.25 bits per heavy atom. The minimum Gasteiger partial charge on any atom is -0.445 e. The van der Waals surface area contributed by atoms with Gasteiger partial charge in [-0.3, -0.25) is 0 Å². The molecule has 1 saturated carbocycles. The highest BCUT2D eigenvalue weighted by Gasteiger charge is 2.55. The van der Waals surface area contributed by atoms with Gasteiger partial charge < -0.3 is 19.7 Å². The van der Waals surface area contributed by atoms with Crippen LogP contribution in [0.3, 0.4) is 0 Å². The van der Waals surface area contributed by atoms with Crippen molar-refractivity contribution >= 4 is 12.2 Å². The standard InChI is InChI=1S/C18H24N2O4/c1-18(2,3)24-17(22)20-10-13-9-14(20)15(13)19-16(21)23-11-12-7-5-4-6-8-12/h4-8,13-15H,9-11H2,1-3H3,(H,19,21). The van der Waals surface area contributed by atoms with E-state index in [1.54, 1.807) is 4.90 Å². The maximum atomic E-state index is 12.2. The molecule has 1 aliphatic carbocycles. The summed E-state index contributed by atoms with van der Waals surface area (Å²) in [6.07, 6.45) is 0.157. The molecule has 2 amide bonds. The lowest BCUT2D eigenvalue weighted by Gasteiger charge is -2.36. The summed E-state index contributed by atoms with van der Waals surface area (Å²) in [5, 5.41) is 2.89. The molecule has 1 aromatic rings. The number of benzene rings is 1. The lowest BCUT2D eigenvalue weighted by molar-refractivity contribution is 0.0219. The predicted octanol–water partition coefficient (Wildman–Crippen LogP) is 2.92. The molecule has 2 bridgehead atoms. The molecule has 2 saturated heterocycles. The van der Waals surface area contributed by atoms with E-state index in [0.29, 0.717) is 6.54 Å². The quantitative estimate of drug-likeness (QED) is 0.924. The smallest absolute Gasteiger partial charge is 0.410 e. The summed E-state index contributed by atoms with van der Waals surface area (Å²) in [7, 11) is 0. The highest BCUT2D eigenvalue weighted by molar-refractivity contribution is 5.72. The van der Waals surface area contributed by atoms with E-state index in [4.69, 9.17) is 9.47 Å². The van der Waals surface area contributed by atoms with Gasteiger partial charge in [-0.15, -0.1) is 0 Å². The van der Waals surface area contributed by atoms with Gasteiger partial charge in [0.2, 0.25) is 0 Å². The molecule has 2 aliphatic heterocycles. The highest BCUT2D eigenvalue weighted by Crippen LogP contribution is 2.41. The van der Waals surface area contributed by atoms with Gasteiger partial charge in [0.1, 0.15) is 12.2 Å². The van der Waals surface area contributed by atoms with Crippen molar-refractivity contribution in [3.8, 4) is 0 Å². The summed E-state index contributed by atoms with van der Waals surface area (Å²) in [4.78, 5) is 25.9. The minimum absolute atomic E-state index is 0.00845. The highest BCUT2D eigenvalue weighted by atomic mass is 16.6. The van der Waals surface area contributed by atoms with Crippen LogP contribution in [0.5, 0.6) is 0 Å². The van der Waals surface area contributed by atoms with Crippen LogP contribution in [-0.4, -0.2) is 41.3 Å². The first kappa shape index (κ1) is 16.6. The maximum absolute atomic E-state index is 12.2. The molecular formula is C18H24N2O4. The Labute approximate surface area is 142 Å². The van der Waals surface area contributed by atoms with Gasteiger partial charge in [-0.25, -0.2) is 9.59 Å². The Morgan fingerprint density at radius 2 is 1.96 bits per heavy atom. The second-order valence-corrected chi connectivity index (χ2v) is 7.43. The first-order valence-electron chi connectivity index (χ1n) is 8.30. The number of hydrogen-bond donors (Lipinski definition) is 1. The number of amides is 2. The third-order valence-electron chi connectivity index (χ3n) is 4.42. The van der Waals surface area contributed by atoms with Crippen LogP contribution in [0.25, 0.3) is 0 Å². The molecule has 24 heavy (non-hydrogen) atoms. The van der Waals surface area contributed by atoms with Gasteiger partial charge in [-0.2, -0.15) is 0 Å². The summed E-state index contributed by atoms with van der Waals surface area (Å²) in [5.74, 6) is 0.284. The second-order valence-electron chi connectivity index (χ2n) is 7.43. The first-order valence-corrected chi connectivity index (χ1v) is 8.30. The van der Waals surface area contributed by atoms with Gasteiger partial charge in [0.05, 0.1) is 12.1 Å². The summed E-state index contributed by atoms with van der Waals surface area (Å²) in [6, 6.07) is 9.51. The van der Waals surface area contributed by atoms with Gasteiger partial charge in [-0.1, -0.05) is 30.3 Å². The lowest BCUT2D eigenvalue weighted by atomic mass is 9.80. The molecule has 1 N–H and O–H groups in total. The second kappa shape index (κ2) is 6.34. The molecule has 6 nitrogen and oxygen atoms in total. The van der Waals surface area contributed by atoms with Gasteiger partial charge in [0.25, 0.3) is 0 Å². The molecule has 0 radical (unpaired) electrons. The van der Waals surface area contributed by atoms with Crippen LogP contribution in [-0.2, 0) is 16.1 Å². The molecule has 3 atom stereocenters. The van der Waals surface area contributed by atoms with Gasteiger partial charge >= 0.3 is 12.2 Å². The number of ether oxygens (including phenoxy) is 2. The third-order valence-corrected chi connectivity index (χ3v) is 4.42. The van der Waals surface area contributed by atoms with Crippen molar-refractivity contribution in [2.24, 2.45) is 5.92 Å². The normalized spacial score (nSPS) is 25.0. The number of hydrogen-bond acceptors (Lipinski definition) is 4. The zero-order chi connectivity index (χ0) is 17.3. The molecular weight excluding hydrogens is 308 g/mol. The Kier molecular flexibility index (Phi) is 4.39. The van der Waals surface area contributed by atoms with Crippen LogP contribution < -0.4 is 5.32 Å². The number of nitrogens with zero attached hydrogens (tertiary/aromatic N) is 1. The van der Waals surface area contributed by atoms with Crippen LogP contribution in [0.1, 0.15) is 32.8 Å². The average molecular weight is 332 g/mol. The van der Waals surface area contributed by atoms with E-state index in [2.05, 4.69) is 5.32 Å². The molecule has 0 aromatic heterocycles. The van der Waals surface area contributed by atoms with Crippen molar-refractivity contribution in [1.29, 1.82) is 0 Å². The van der Waals surface area contributed by atoms with Crippen LogP contribution >= 0.6 is 0 Å². The number of alkyl carbamates (subject to hydrolysis) is 1. The summed E-state index contributed by atoms with van der Waals surface area (Å²) < 4.78 is 10.7. The molecule has 3 unspecified atom stereocenters. The lowest BCUT2D eigenvalue weighted by Crippen LogP contribution is -2.55. The minimum atomic E-state index is -0.512. The van der Waals surface area contributed by atoms with E-state index in [1.165, 1.54) is 0 Å². The van der Waals surface area contributed by atoms with E-state index in [9.17, 15) is 9.59 Å². The van der Waals surface area contributed by atoms with Crippen molar-refractivity contribution in [1.82, 2.24) is 10.2 Å². The summed E-state index contributed by atoms with van der Waals surface area (Å²) in [5.41, 5.74) is 0.432. The molecule has 3 aliphatic rings. The van der Waals surface area contributed by atoms with E-state index in [1.807, 2.05) is 51.1 Å². The largest absolute Gasteiger partial charge is 0.445 e. The summed E-state index contributed by atoms with van der Waals surface area (Å²) >= 11 is 0. The van der Waals surface area contributed by atoms with Crippen LogP contribution in [0.15, 0.2) is 30.3 Å². The number of rotatable bonds is 3. The number of fused-ring (bicyclic) bond motifs is 1. The number of carbonyl (C=O) groups is 2. The maximum Gasteiger partial charge on any atom is 0.410 e. The van der Waals surface area contributed by atoms with Crippen molar-refractivity contribution in [3.63, 3.8) is 0 Å². The van der Waals surface area contributed by atoms with E-state index < -0.39 is 11.7 Å². The van der Waals surface area contributed by atoms with Crippen LogP contribution in [0.2, 0.25) is 0 Å². The van der Waals surface area contributed by atoms with E-state index in [-0.39, 0.29) is 30.7 Å². The van der Waals surface area contributed by atoms with Crippen molar-refractivity contribution in [2.75, 3.05) is 6.54 Å². The first-order chi connectivity index (χ1) is 11.3. The Morgan fingerprint density at radius 3 is 2.62 bits per heavy atom. The van der Waals surface area contributed by atoms with E-state index in [0.717, 1.165) is 12.0 Å².